The normalized spacial score (nSPS) is 9.06. The van der Waals surface area contributed by atoms with Gasteiger partial charge in [-0.05, 0) is 12.0 Å². The molecule has 0 saturated heterocycles. The van der Waals surface area contributed by atoms with Gasteiger partial charge in [-0.3, -0.25) is 0 Å². The van der Waals surface area contributed by atoms with Crippen molar-refractivity contribution in [1.29, 1.82) is 0 Å². The highest BCUT2D eigenvalue weighted by Crippen LogP contribution is 2.00. The zero-order chi connectivity index (χ0) is 11.6. The molecule has 2 nitrogen and oxygen atoms in total. The molecule has 0 saturated carbocycles. The second kappa shape index (κ2) is 7.53. The molecule has 0 aliphatic rings. The Morgan fingerprint density at radius 1 is 1.31 bits per heavy atom. The molecule has 0 aromatic heterocycles. The fourth-order valence-electron chi connectivity index (χ4n) is 1.16. The molecule has 0 fully saturated rings. The Hall–Kier alpha value is -1.75. The summed E-state index contributed by atoms with van der Waals surface area (Å²) in [6, 6.07) is 9.58. The Labute approximate surface area is 96.6 Å². The first-order valence-corrected chi connectivity index (χ1v) is 5.52. The molecule has 84 valence electrons. The summed E-state index contributed by atoms with van der Waals surface area (Å²) >= 11 is 0. The molecule has 0 spiro atoms. The molecule has 0 amide bonds. The van der Waals surface area contributed by atoms with E-state index in [1.807, 2.05) is 30.3 Å². The molecule has 0 radical (unpaired) electrons. The highest BCUT2D eigenvalue weighted by atomic mass is 16.5. The lowest BCUT2D eigenvalue weighted by Gasteiger charge is -1.99. The molecular weight excluding hydrogens is 200 g/mol. The number of carbonyl (C=O) groups is 1. The largest absolute Gasteiger partial charge is 0.451 e. The van der Waals surface area contributed by atoms with Crippen LogP contribution in [0.1, 0.15) is 31.7 Å². The van der Waals surface area contributed by atoms with Crippen LogP contribution in [0.4, 0.5) is 0 Å². The van der Waals surface area contributed by atoms with E-state index in [4.69, 9.17) is 4.74 Å². The van der Waals surface area contributed by atoms with E-state index in [0.29, 0.717) is 6.61 Å². The zero-order valence-electron chi connectivity index (χ0n) is 9.53. The van der Waals surface area contributed by atoms with E-state index in [1.165, 1.54) is 0 Å². The van der Waals surface area contributed by atoms with Crippen molar-refractivity contribution < 1.29 is 9.53 Å². The lowest BCUT2D eigenvalue weighted by atomic mass is 10.2. The van der Waals surface area contributed by atoms with Crippen LogP contribution in [0, 0.1) is 11.8 Å². The van der Waals surface area contributed by atoms with E-state index < -0.39 is 5.97 Å². The molecule has 0 N–H and O–H groups in total. The van der Waals surface area contributed by atoms with Gasteiger partial charge in [-0.2, -0.15) is 0 Å². The third-order valence-electron chi connectivity index (χ3n) is 2.06. The van der Waals surface area contributed by atoms with Crippen molar-refractivity contribution in [3.63, 3.8) is 0 Å². The molecule has 1 aromatic rings. The fourth-order valence-corrected chi connectivity index (χ4v) is 1.16. The molecule has 0 aliphatic carbocycles. The highest BCUT2D eigenvalue weighted by Gasteiger charge is 1.97. The van der Waals surface area contributed by atoms with Gasteiger partial charge in [0.25, 0.3) is 0 Å². The molecule has 0 heterocycles. The summed E-state index contributed by atoms with van der Waals surface area (Å²) in [5, 5.41) is 0. The van der Waals surface area contributed by atoms with Crippen LogP contribution in [0.2, 0.25) is 0 Å². The van der Waals surface area contributed by atoms with Crippen molar-refractivity contribution in [1.82, 2.24) is 0 Å². The zero-order valence-corrected chi connectivity index (χ0v) is 9.53. The summed E-state index contributed by atoms with van der Waals surface area (Å²) in [6.07, 6.45) is 2.88. The summed E-state index contributed by atoms with van der Waals surface area (Å²) in [5.41, 5.74) is 0.978. The molecule has 16 heavy (non-hydrogen) atoms. The second-order valence-corrected chi connectivity index (χ2v) is 3.47. The summed E-state index contributed by atoms with van der Waals surface area (Å²) in [7, 11) is 0. The van der Waals surface area contributed by atoms with Crippen molar-refractivity contribution in [2.45, 2.75) is 32.8 Å². The Morgan fingerprint density at radius 2 is 2.06 bits per heavy atom. The fraction of sp³-hybridized carbons (Fsp3) is 0.357. The summed E-state index contributed by atoms with van der Waals surface area (Å²) in [4.78, 5) is 11.2. The van der Waals surface area contributed by atoms with Crippen LogP contribution in [-0.2, 0) is 16.1 Å². The summed E-state index contributed by atoms with van der Waals surface area (Å²) in [6.45, 7) is 2.39. The van der Waals surface area contributed by atoms with Crippen LogP contribution < -0.4 is 0 Å². The van der Waals surface area contributed by atoms with Crippen LogP contribution in [0.15, 0.2) is 30.3 Å². The molecule has 1 rings (SSSR count). The number of unbranched alkanes of at least 4 members (excludes halogenated alkanes) is 2. The number of carbonyl (C=O) groups excluding carboxylic acids is 1. The minimum atomic E-state index is -0.444. The SMILES string of the molecule is CCCCC#CC(=O)OCc1ccccc1. The van der Waals surface area contributed by atoms with E-state index in [0.717, 1.165) is 24.8 Å². The maximum Gasteiger partial charge on any atom is 0.384 e. The third kappa shape index (κ3) is 5.21. The van der Waals surface area contributed by atoms with Crippen LogP contribution in [0.5, 0.6) is 0 Å². The highest BCUT2D eigenvalue weighted by molar-refractivity contribution is 5.88. The minimum Gasteiger partial charge on any atom is -0.451 e. The van der Waals surface area contributed by atoms with Crippen molar-refractivity contribution in [2.24, 2.45) is 0 Å². The molecule has 0 bridgehead atoms. The van der Waals surface area contributed by atoms with Gasteiger partial charge >= 0.3 is 5.97 Å². The number of rotatable bonds is 4. The first-order valence-electron chi connectivity index (χ1n) is 5.52. The average Bonchev–Trinajstić information content (AvgIpc) is 2.33. The van der Waals surface area contributed by atoms with Crippen LogP contribution in [0.3, 0.4) is 0 Å². The number of esters is 1. The van der Waals surface area contributed by atoms with Gasteiger partial charge in [0.1, 0.15) is 6.61 Å². The van der Waals surface area contributed by atoms with Crippen molar-refractivity contribution >= 4 is 5.97 Å². The van der Waals surface area contributed by atoms with Gasteiger partial charge in [0.15, 0.2) is 0 Å². The average molecular weight is 216 g/mol. The van der Waals surface area contributed by atoms with Gasteiger partial charge in [0.2, 0.25) is 0 Å². The maximum absolute atomic E-state index is 11.2. The van der Waals surface area contributed by atoms with E-state index in [9.17, 15) is 4.79 Å². The predicted molar refractivity (Wildman–Crippen MR) is 63.5 cm³/mol. The molecule has 2 heteroatoms. The van der Waals surface area contributed by atoms with Crippen molar-refractivity contribution in [3.8, 4) is 11.8 Å². The molecule has 0 unspecified atom stereocenters. The van der Waals surface area contributed by atoms with E-state index in [2.05, 4.69) is 18.8 Å². The molecule has 0 atom stereocenters. The summed E-state index contributed by atoms with van der Waals surface area (Å²) in [5.74, 6) is 4.83. The van der Waals surface area contributed by atoms with Crippen molar-refractivity contribution in [2.75, 3.05) is 0 Å². The number of hydrogen-bond donors (Lipinski definition) is 0. The van der Waals surface area contributed by atoms with E-state index in [-0.39, 0.29) is 0 Å². The third-order valence-corrected chi connectivity index (χ3v) is 2.06. The Kier molecular flexibility index (Phi) is 5.80. The summed E-state index contributed by atoms with van der Waals surface area (Å²) < 4.78 is 5.00. The maximum atomic E-state index is 11.2. The first kappa shape index (κ1) is 12.3. The van der Waals surface area contributed by atoms with Gasteiger partial charge in [-0.25, -0.2) is 4.79 Å². The molecule has 1 aromatic carbocycles. The number of hydrogen-bond acceptors (Lipinski definition) is 2. The van der Waals surface area contributed by atoms with Gasteiger partial charge < -0.3 is 4.74 Å². The first-order chi connectivity index (χ1) is 7.83. The standard InChI is InChI=1S/C14H16O2/c1-2-3-4-8-11-14(15)16-12-13-9-6-5-7-10-13/h5-7,9-10H,2-4,12H2,1H3. The lowest BCUT2D eigenvalue weighted by Crippen LogP contribution is -2.01. The van der Waals surface area contributed by atoms with Crippen LogP contribution >= 0.6 is 0 Å². The Balaban J connectivity index is 2.27. The van der Waals surface area contributed by atoms with Gasteiger partial charge in [0, 0.05) is 12.3 Å². The molecular formula is C14H16O2. The van der Waals surface area contributed by atoms with Crippen LogP contribution in [0.25, 0.3) is 0 Å². The number of ether oxygens (including phenoxy) is 1. The van der Waals surface area contributed by atoms with E-state index >= 15 is 0 Å². The Bertz CT molecular complexity index is 371. The van der Waals surface area contributed by atoms with Gasteiger partial charge in [0.05, 0.1) is 0 Å². The predicted octanol–water partition coefficient (Wildman–Crippen LogP) is 2.92. The van der Waals surface area contributed by atoms with Gasteiger partial charge in [-0.15, -0.1) is 0 Å². The quantitative estimate of drug-likeness (QED) is 0.335. The number of benzene rings is 1. The second-order valence-electron chi connectivity index (χ2n) is 3.47. The van der Waals surface area contributed by atoms with Crippen molar-refractivity contribution in [3.05, 3.63) is 35.9 Å². The van der Waals surface area contributed by atoms with Gasteiger partial charge in [-0.1, -0.05) is 49.6 Å². The molecule has 0 aliphatic heterocycles. The smallest absolute Gasteiger partial charge is 0.384 e. The topological polar surface area (TPSA) is 26.3 Å². The monoisotopic (exact) mass is 216 g/mol. The van der Waals surface area contributed by atoms with E-state index in [1.54, 1.807) is 0 Å². The minimum absolute atomic E-state index is 0.294. The van der Waals surface area contributed by atoms with Crippen LogP contribution in [-0.4, -0.2) is 5.97 Å². The Morgan fingerprint density at radius 3 is 2.75 bits per heavy atom. The lowest BCUT2D eigenvalue weighted by molar-refractivity contribution is -0.137.